The van der Waals surface area contributed by atoms with Gasteiger partial charge < -0.3 is 14.8 Å². The number of nitrogens with one attached hydrogen (secondary N) is 2. The SMILES string of the molecule is COc1cc(NC(=O)c2cc(-c3ccccc3Cl)n[nH]2)c(OC)cc1Cl. The highest BCUT2D eigenvalue weighted by molar-refractivity contribution is 6.33. The number of anilines is 1. The topological polar surface area (TPSA) is 76.2 Å². The molecule has 8 heteroatoms. The van der Waals surface area contributed by atoms with Crippen LogP contribution in [-0.4, -0.2) is 30.3 Å². The third kappa shape index (κ3) is 3.61. The number of amides is 1. The lowest BCUT2D eigenvalue weighted by molar-refractivity contribution is 0.102. The molecule has 0 aliphatic carbocycles. The molecule has 0 bridgehead atoms. The third-order valence-electron chi connectivity index (χ3n) is 3.69. The van der Waals surface area contributed by atoms with Gasteiger partial charge in [-0.3, -0.25) is 9.89 Å². The predicted octanol–water partition coefficient (Wildman–Crippen LogP) is 4.65. The molecule has 0 atom stereocenters. The zero-order valence-corrected chi connectivity index (χ0v) is 15.5. The van der Waals surface area contributed by atoms with Gasteiger partial charge in [-0.15, -0.1) is 0 Å². The molecular weight excluding hydrogens is 377 g/mol. The van der Waals surface area contributed by atoms with Gasteiger partial charge in [0.15, 0.2) is 0 Å². The van der Waals surface area contributed by atoms with Gasteiger partial charge in [0.1, 0.15) is 17.2 Å². The second-order valence-electron chi connectivity index (χ2n) is 5.29. The molecule has 134 valence electrons. The van der Waals surface area contributed by atoms with Crippen LogP contribution in [0.2, 0.25) is 10.0 Å². The Balaban J connectivity index is 1.87. The maximum atomic E-state index is 12.6. The standard InChI is InChI=1S/C18H15Cl2N3O3/c1-25-16-9-14(17(26-2)7-12(16)20)21-18(24)15-8-13(22-23-15)10-5-3-4-6-11(10)19/h3-9H,1-2H3,(H,21,24)(H,22,23). The van der Waals surface area contributed by atoms with Crippen LogP contribution in [0.3, 0.4) is 0 Å². The number of benzene rings is 2. The number of rotatable bonds is 5. The molecule has 1 aromatic heterocycles. The van der Waals surface area contributed by atoms with Gasteiger partial charge in [0, 0.05) is 17.7 Å². The Hall–Kier alpha value is -2.70. The minimum atomic E-state index is -0.390. The Labute approximate surface area is 160 Å². The first-order valence-corrected chi connectivity index (χ1v) is 8.32. The molecule has 3 rings (SSSR count). The van der Waals surface area contributed by atoms with Gasteiger partial charge in [-0.05, 0) is 12.1 Å². The maximum Gasteiger partial charge on any atom is 0.273 e. The van der Waals surface area contributed by atoms with Crippen LogP contribution in [0.25, 0.3) is 11.3 Å². The van der Waals surface area contributed by atoms with Crippen molar-refractivity contribution in [2.75, 3.05) is 19.5 Å². The molecule has 0 fully saturated rings. The van der Waals surface area contributed by atoms with Gasteiger partial charge in [0.25, 0.3) is 5.91 Å². The molecular formula is C18H15Cl2N3O3. The van der Waals surface area contributed by atoms with Crippen molar-refractivity contribution in [1.29, 1.82) is 0 Å². The molecule has 0 aliphatic rings. The summed E-state index contributed by atoms with van der Waals surface area (Å²) in [5, 5.41) is 10.5. The highest BCUT2D eigenvalue weighted by Gasteiger charge is 2.16. The predicted molar refractivity (Wildman–Crippen MR) is 102 cm³/mol. The van der Waals surface area contributed by atoms with E-state index in [4.69, 9.17) is 32.7 Å². The highest BCUT2D eigenvalue weighted by Crippen LogP contribution is 2.36. The summed E-state index contributed by atoms with van der Waals surface area (Å²) in [6.45, 7) is 0. The summed E-state index contributed by atoms with van der Waals surface area (Å²) >= 11 is 12.2. The zero-order valence-electron chi connectivity index (χ0n) is 14.0. The molecule has 6 nitrogen and oxygen atoms in total. The summed E-state index contributed by atoms with van der Waals surface area (Å²) in [4.78, 5) is 12.6. The summed E-state index contributed by atoms with van der Waals surface area (Å²) < 4.78 is 10.4. The number of ether oxygens (including phenoxy) is 2. The smallest absolute Gasteiger partial charge is 0.273 e. The van der Waals surface area contributed by atoms with Gasteiger partial charge in [-0.1, -0.05) is 41.4 Å². The maximum absolute atomic E-state index is 12.6. The van der Waals surface area contributed by atoms with Crippen LogP contribution in [0.15, 0.2) is 42.5 Å². The first-order valence-electron chi connectivity index (χ1n) is 7.56. The average molecular weight is 392 g/mol. The molecule has 0 radical (unpaired) electrons. The van der Waals surface area contributed by atoms with Crippen LogP contribution in [0.1, 0.15) is 10.5 Å². The summed E-state index contributed by atoms with van der Waals surface area (Å²) in [6.07, 6.45) is 0. The molecule has 0 saturated carbocycles. The number of carbonyl (C=O) groups excluding carboxylic acids is 1. The van der Waals surface area contributed by atoms with E-state index in [-0.39, 0.29) is 5.69 Å². The van der Waals surface area contributed by atoms with Crippen molar-refractivity contribution in [1.82, 2.24) is 10.2 Å². The molecule has 3 aromatic rings. The van der Waals surface area contributed by atoms with Crippen LogP contribution < -0.4 is 14.8 Å². The van der Waals surface area contributed by atoms with E-state index in [2.05, 4.69) is 15.5 Å². The Morgan fingerprint density at radius 1 is 1.04 bits per heavy atom. The van der Waals surface area contributed by atoms with Gasteiger partial charge in [-0.2, -0.15) is 5.10 Å². The number of carbonyl (C=O) groups is 1. The molecule has 0 unspecified atom stereocenters. The number of H-pyrrole nitrogens is 1. The van der Waals surface area contributed by atoms with Crippen molar-refractivity contribution in [2.45, 2.75) is 0 Å². The lowest BCUT2D eigenvalue weighted by atomic mass is 10.1. The number of nitrogens with zero attached hydrogens (tertiary/aromatic N) is 1. The monoisotopic (exact) mass is 391 g/mol. The molecule has 1 heterocycles. The molecule has 1 amide bonds. The van der Waals surface area contributed by atoms with Gasteiger partial charge in [-0.25, -0.2) is 0 Å². The van der Waals surface area contributed by atoms with Crippen LogP contribution >= 0.6 is 23.2 Å². The van der Waals surface area contributed by atoms with E-state index < -0.39 is 5.91 Å². The highest BCUT2D eigenvalue weighted by atomic mass is 35.5. The molecule has 0 aliphatic heterocycles. The zero-order chi connectivity index (χ0) is 18.7. The van der Waals surface area contributed by atoms with Crippen molar-refractivity contribution < 1.29 is 14.3 Å². The minimum Gasteiger partial charge on any atom is -0.495 e. The fourth-order valence-electron chi connectivity index (χ4n) is 2.39. The summed E-state index contributed by atoms with van der Waals surface area (Å²) in [6, 6.07) is 12.0. The van der Waals surface area contributed by atoms with E-state index in [1.54, 1.807) is 24.3 Å². The fraction of sp³-hybridized carbons (Fsp3) is 0.111. The first kappa shape index (κ1) is 18.1. The Morgan fingerprint density at radius 2 is 1.77 bits per heavy atom. The van der Waals surface area contributed by atoms with Gasteiger partial charge >= 0.3 is 0 Å². The molecule has 2 aromatic carbocycles. The first-order chi connectivity index (χ1) is 12.5. The third-order valence-corrected chi connectivity index (χ3v) is 4.32. The minimum absolute atomic E-state index is 0.274. The molecule has 0 saturated heterocycles. The van der Waals surface area contributed by atoms with E-state index >= 15 is 0 Å². The normalized spacial score (nSPS) is 10.5. The van der Waals surface area contributed by atoms with Crippen LogP contribution in [0.5, 0.6) is 11.5 Å². The van der Waals surface area contributed by atoms with E-state index in [1.807, 2.05) is 18.2 Å². The number of aromatic amines is 1. The molecule has 0 spiro atoms. The van der Waals surface area contributed by atoms with E-state index in [0.717, 1.165) is 5.56 Å². The van der Waals surface area contributed by atoms with Crippen LogP contribution in [0.4, 0.5) is 5.69 Å². The number of hydrogen-bond acceptors (Lipinski definition) is 4. The Kier molecular flexibility index (Phi) is 5.35. The lowest BCUT2D eigenvalue weighted by Gasteiger charge is -2.12. The lowest BCUT2D eigenvalue weighted by Crippen LogP contribution is -2.13. The summed E-state index contributed by atoms with van der Waals surface area (Å²) in [5.41, 5.74) is 2.00. The van der Waals surface area contributed by atoms with Crippen molar-refractivity contribution >= 4 is 34.8 Å². The Morgan fingerprint density at radius 3 is 2.46 bits per heavy atom. The fourth-order valence-corrected chi connectivity index (χ4v) is 2.86. The van der Waals surface area contributed by atoms with Crippen LogP contribution in [-0.2, 0) is 0 Å². The van der Waals surface area contributed by atoms with E-state index in [9.17, 15) is 4.79 Å². The van der Waals surface area contributed by atoms with Crippen molar-refractivity contribution in [3.05, 3.63) is 58.2 Å². The molecule has 26 heavy (non-hydrogen) atoms. The number of aromatic nitrogens is 2. The molecule has 2 N–H and O–H groups in total. The van der Waals surface area contributed by atoms with Crippen molar-refractivity contribution in [3.8, 4) is 22.8 Å². The van der Waals surface area contributed by atoms with Crippen LogP contribution in [0, 0.1) is 0 Å². The second-order valence-corrected chi connectivity index (χ2v) is 6.10. The average Bonchev–Trinajstić information content (AvgIpc) is 3.13. The number of methoxy groups -OCH3 is 2. The van der Waals surface area contributed by atoms with E-state index in [0.29, 0.717) is 32.9 Å². The largest absolute Gasteiger partial charge is 0.495 e. The van der Waals surface area contributed by atoms with Crippen molar-refractivity contribution in [3.63, 3.8) is 0 Å². The van der Waals surface area contributed by atoms with Crippen molar-refractivity contribution in [2.24, 2.45) is 0 Å². The van der Waals surface area contributed by atoms with Gasteiger partial charge in [0.2, 0.25) is 0 Å². The summed E-state index contributed by atoms with van der Waals surface area (Å²) in [5.74, 6) is 0.442. The number of hydrogen-bond donors (Lipinski definition) is 2. The second kappa shape index (κ2) is 7.68. The quantitative estimate of drug-likeness (QED) is 0.663. The van der Waals surface area contributed by atoms with Gasteiger partial charge in [0.05, 0.1) is 35.6 Å². The Bertz CT molecular complexity index is 957. The number of halogens is 2. The van der Waals surface area contributed by atoms with E-state index in [1.165, 1.54) is 14.2 Å². The summed E-state index contributed by atoms with van der Waals surface area (Å²) in [7, 11) is 2.98.